The molecule has 0 aliphatic heterocycles. The van der Waals surface area contributed by atoms with Crippen LogP contribution in [0.3, 0.4) is 0 Å². The van der Waals surface area contributed by atoms with Gasteiger partial charge in [-0.05, 0) is 29.8 Å². The molecule has 0 bridgehead atoms. The van der Waals surface area contributed by atoms with Crippen molar-refractivity contribution < 1.29 is 14.3 Å². The summed E-state index contributed by atoms with van der Waals surface area (Å²) in [5.74, 6) is 0.192. The standard InChI is InChI=1S/C14H14O3/c1-3-17-13-9-11-7-5-4-6-10(11)8-12(13)14(15)16-2/h4-9H,3H2,1-2H3. The number of carbonyl (C=O) groups is 1. The Morgan fingerprint density at radius 2 is 1.82 bits per heavy atom. The van der Waals surface area contributed by atoms with Crippen LogP contribution in [0.2, 0.25) is 0 Å². The summed E-state index contributed by atoms with van der Waals surface area (Å²) >= 11 is 0. The van der Waals surface area contributed by atoms with E-state index in [2.05, 4.69) is 0 Å². The highest BCUT2D eigenvalue weighted by atomic mass is 16.5. The molecule has 2 rings (SSSR count). The van der Waals surface area contributed by atoms with Crippen molar-refractivity contribution in [3.63, 3.8) is 0 Å². The summed E-state index contributed by atoms with van der Waals surface area (Å²) in [7, 11) is 1.37. The van der Waals surface area contributed by atoms with Gasteiger partial charge in [-0.2, -0.15) is 0 Å². The van der Waals surface area contributed by atoms with Gasteiger partial charge in [0.1, 0.15) is 11.3 Å². The first-order chi connectivity index (χ1) is 8.26. The fourth-order valence-corrected chi connectivity index (χ4v) is 1.76. The molecular weight excluding hydrogens is 216 g/mol. The van der Waals surface area contributed by atoms with E-state index in [0.717, 1.165) is 10.8 Å². The lowest BCUT2D eigenvalue weighted by molar-refractivity contribution is 0.0596. The van der Waals surface area contributed by atoms with E-state index in [9.17, 15) is 4.79 Å². The molecule has 0 fully saturated rings. The molecule has 0 aromatic heterocycles. The number of fused-ring (bicyclic) bond motifs is 1. The summed E-state index contributed by atoms with van der Waals surface area (Å²) in [6.45, 7) is 2.40. The molecule has 0 aliphatic rings. The first kappa shape index (κ1) is 11.5. The first-order valence-electron chi connectivity index (χ1n) is 5.50. The lowest BCUT2D eigenvalue weighted by atomic mass is 10.1. The molecule has 3 nitrogen and oxygen atoms in total. The molecule has 0 radical (unpaired) electrons. The first-order valence-corrected chi connectivity index (χ1v) is 5.50. The van der Waals surface area contributed by atoms with Crippen molar-refractivity contribution in [3.8, 4) is 5.75 Å². The molecule has 0 saturated heterocycles. The minimum Gasteiger partial charge on any atom is -0.493 e. The van der Waals surface area contributed by atoms with Gasteiger partial charge in [0.05, 0.1) is 13.7 Å². The van der Waals surface area contributed by atoms with E-state index in [1.54, 1.807) is 6.07 Å². The van der Waals surface area contributed by atoms with E-state index in [1.165, 1.54) is 7.11 Å². The fraction of sp³-hybridized carbons (Fsp3) is 0.214. The zero-order chi connectivity index (χ0) is 12.3. The minimum atomic E-state index is -0.376. The highest BCUT2D eigenvalue weighted by Gasteiger charge is 2.13. The van der Waals surface area contributed by atoms with E-state index >= 15 is 0 Å². The van der Waals surface area contributed by atoms with Gasteiger partial charge in [-0.15, -0.1) is 0 Å². The predicted octanol–water partition coefficient (Wildman–Crippen LogP) is 3.03. The Hall–Kier alpha value is -2.03. The van der Waals surface area contributed by atoms with Crippen molar-refractivity contribution in [2.24, 2.45) is 0 Å². The number of methoxy groups -OCH3 is 1. The lowest BCUT2D eigenvalue weighted by Gasteiger charge is -2.10. The quantitative estimate of drug-likeness (QED) is 0.760. The maximum atomic E-state index is 11.7. The average Bonchev–Trinajstić information content (AvgIpc) is 2.37. The highest BCUT2D eigenvalue weighted by Crippen LogP contribution is 2.26. The van der Waals surface area contributed by atoms with Crippen LogP contribution in [-0.4, -0.2) is 19.7 Å². The molecule has 0 saturated carbocycles. The number of esters is 1. The summed E-state index contributed by atoms with van der Waals surface area (Å²) in [6.07, 6.45) is 0. The number of benzene rings is 2. The van der Waals surface area contributed by atoms with Crippen LogP contribution >= 0.6 is 0 Å². The number of hydrogen-bond donors (Lipinski definition) is 0. The Kier molecular flexibility index (Phi) is 3.28. The smallest absolute Gasteiger partial charge is 0.341 e. The van der Waals surface area contributed by atoms with Crippen LogP contribution in [0.25, 0.3) is 10.8 Å². The number of hydrogen-bond acceptors (Lipinski definition) is 3. The summed E-state index contributed by atoms with van der Waals surface area (Å²) in [6, 6.07) is 11.5. The van der Waals surface area contributed by atoms with Gasteiger partial charge in [-0.1, -0.05) is 24.3 Å². The summed E-state index contributed by atoms with van der Waals surface area (Å²) in [4.78, 5) is 11.7. The van der Waals surface area contributed by atoms with Gasteiger partial charge in [0.25, 0.3) is 0 Å². The van der Waals surface area contributed by atoms with E-state index < -0.39 is 0 Å². The summed E-state index contributed by atoms with van der Waals surface area (Å²) in [5, 5.41) is 2.04. The maximum Gasteiger partial charge on any atom is 0.341 e. The normalized spacial score (nSPS) is 10.2. The maximum absolute atomic E-state index is 11.7. The Morgan fingerprint density at radius 1 is 1.18 bits per heavy atom. The van der Waals surface area contributed by atoms with Crippen molar-refractivity contribution in [1.82, 2.24) is 0 Å². The highest BCUT2D eigenvalue weighted by molar-refractivity contribution is 5.98. The van der Waals surface area contributed by atoms with Crippen molar-refractivity contribution >= 4 is 16.7 Å². The molecular formula is C14H14O3. The topological polar surface area (TPSA) is 35.5 Å². The van der Waals surface area contributed by atoms with Gasteiger partial charge in [-0.25, -0.2) is 4.79 Å². The van der Waals surface area contributed by atoms with Crippen molar-refractivity contribution in [2.75, 3.05) is 13.7 Å². The van der Waals surface area contributed by atoms with E-state index in [0.29, 0.717) is 17.9 Å². The molecule has 0 atom stereocenters. The molecule has 2 aromatic rings. The molecule has 17 heavy (non-hydrogen) atoms. The average molecular weight is 230 g/mol. The Morgan fingerprint density at radius 3 is 2.41 bits per heavy atom. The summed E-state index contributed by atoms with van der Waals surface area (Å²) in [5.41, 5.74) is 0.466. The third-order valence-corrected chi connectivity index (χ3v) is 2.55. The van der Waals surface area contributed by atoms with Gasteiger partial charge in [-0.3, -0.25) is 0 Å². The zero-order valence-corrected chi connectivity index (χ0v) is 9.90. The number of carbonyl (C=O) groups excluding carboxylic acids is 1. The molecule has 0 amide bonds. The van der Waals surface area contributed by atoms with E-state index in [-0.39, 0.29) is 5.97 Å². The van der Waals surface area contributed by atoms with E-state index in [4.69, 9.17) is 9.47 Å². The Labute approximate surface area is 100.0 Å². The van der Waals surface area contributed by atoms with Gasteiger partial charge in [0, 0.05) is 0 Å². The van der Waals surface area contributed by atoms with Crippen LogP contribution in [0.1, 0.15) is 17.3 Å². The molecule has 0 spiro atoms. The second-order valence-corrected chi connectivity index (χ2v) is 3.62. The van der Waals surface area contributed by atoms with Crippen LogP contribution < -0.4 is 4.74 Å². The third-order valence-electron chi connectivity index (χ3n) is 2.55. The van der Waals surface area contributed by atoms with Gasteiger partial charge in [0.15, 0.2) is 0 Å². The minimum absolute atomic E-state index is 0.376. The van der Waals surface area contributed by atoms with Crippen LogP contribution in [-0.2, 0) is 4.74 Å². The van der Waals surface area contributed by atoms with Crippen LogP contribution in [0, 0.1) is 0 Å². The number of ether oxygens (including phenoxy) is 2. The van der Waals surface area contributed by atoms with E-state index in [1.807, 2.05) is 37.3 Å². The Bertz CT molecular complexity index is 546. The zero-order valence-electron chi connectivity index (χ0n) is 9.90. The predicted molar refractivity (Wildman–Crippen MR) is 66.5 cm³/mol. The van der Waals surface area contributed by atoms with Crippen LogP contribution in [0.15, 0.2) is 36.4 Å². The van der Waals surface area contributed by atoms with Crippen LogP contribution in [0.5, 0.6) is 5.75 Å². The van der Waals surface area contributed by atoms with Crippen molar-refractivity contribution in [2.45, 2.75) is 6.92 Å². The third kappa shape index (κ3) is 2.23. The number of rotatable bonds is 3. The fourth-order valence-electron chi connectivity index (χ4n) is 1.76. The molecule has 2 aromatic carbocycles. The molecule has 0 heterocycles. The molecule has 0 unspecified atom stereocenters. The van der Waals surface area contributed by atoms with Gasteiger partial charge in [0.2, 0.25) is 0 Å². The van der Waals surface area contributed by atoms with Crippen LogP contribution in [0.4, 0.5) is 0 Å². The van der Waals surface area contributed by atoms with Crippen molar-refractivity contribution in [1.29, 1.82) is 0 Å². The Balaban J connectivity index is 2.61. The molecule has 0 N–H and O–H groups in total. The van der Waals surface area contributed by atoms with Gasteiger partial charge < -0.3 is 9.47 Å². The lowest BCUT2D eigenvalue weighted by Crippen LogP contribution is -2.05. The molecule has 88 valence electrons. The SMILES string of the molecule is CCOc1cc2ccccc2cc1C(=O)OC. The molecule has 3 heteroatoms. The summed E-state index contributed by atoms with van der Waals surface area (Å²) < 4.78 is 10.2. The van der Waals surface area contributed by atoms with Gasteiger partial charge >= 0.3 is 5.97 Å². The van der Waals surface area contributed by atoms with Crippen molar-refractivity contribution in [3.05, 3.63) is 42.0 Å². The second kappa shape index (κ2) is 4.87. The molecule has 0 aliphatic carbocycles. The monoisotopic (exact) mass is 230 g/mol. The second-order valence-electron chi connectivity index (χ2n) is 3.62. The largest absolute Gasteiger partial charge is 0.493 e.